The Morgan fingerprint density at radius 3 is 2.60 bits per heavy atom. The third-order valence-corrected chi connectivity index (χ3v) is 6.98. The molecule has 210 valence electrons. The van der Waals surface area contributed by atoms with Crippen LogP contribution in [0.4, 0.5) is 10.6 Å². The average molecular weight is 546 g/mol. The van der Waals surface area contributed by atoms with Gasteiger partial charge >= 0.3 is 6.03 Å². The minimum atomic E-state index is -0.390. The van der Waals surface area contributed by atoms with Gasteiger partial charge in [0.25, 0.3) is 11.7 Å². The SMILES string of the molecule is C[C@@H](NC(=O)c1noc(C(C)(C)C)n1)c1ccc(-c2ccnc3[nH]nc(N[C@@H]4CCN(C(=O)N(C)C)C4)c23)cc1. The van der Waals surface area contributed by atoms with Crippen LogP contribution < -0.4 is 10.6 Å². The molecule has 3 amide bonds. The maximum Gasteiger partial charge on any atom is 0.319 e. The number of carbonyl (C=O) groups excluding carboxylic acids is 2. The van der Waals surface area contributed by atoms with E-state index in [1.807, 2.05) is 62.9 Å². The maximum absolute atomic E-state index is 12.7. The first kappa shape index (κ1) is 27.1. The number of hydrogen-bond donors (Lipinski definition) is 3. The number of amides is 3. The van der Waals surface area contributed by atoms with Crippen LogP contribution in [0, 0.1) is 0 Å². The van der Waals surface area contributed by atoms with E-state index < -0.39 is 5.91 Å². The maximum atomic E-state index is 12.7. The number of H-pyrrole nitrogens is 1. The molecular formula is C28H35N9O3. The van der Waals surface area contributed by atoms with Crippen LogP contribution in [0.3, 0.4) is 0 Å². The van der Waals surface area contributed by atoms with Crippen molar-refractivity contribution in [2.75, 3.05) is 32.5 Å². The van der Waals surface area contributed by atoms with Crippen LogP contribution in [0.15, 0.2) is 41.1 Å². The average Bonchev–Trinajstić information content (AvgIpc) is 3.68. The zero-order valence-electron chi connectivity index (χ0n) is 23.6. The monoisotopic (exact) mass is 545 g/mol. The largest absolute Gasteiger partial charge is 0.363 e. The molecular weight excluding hydrogens is 510 g/mol. The quantitative estimate of drug-likeness (QED) is 0.330. The van der Waals surface area contributed by atoms with Gasteiger partial charge in [0.1, 0.15) is 0 Å². The Balaban J connectivity index is 1.31. The topological polar surface area (TPSA) is 145 Å². The summed E-state index contributed by atoms with van der Waals surface area (Å²) in [7, 11) is 3.53. The van der Waals surface area contributed by atoms with E-state index in [0.717, 1.165) is 28.5 Å². The van der Waals surface area contributed by atoms with Crippen molar-refractivity contribution in [3.05, 3.63) is 53.8 Å². The minimum Gasteiger partial charge on any atom is -0.363 e. The summed E-state index contributed by atoms with van der Waals surface area (Å²) in [6, 6.07) is 9.80. The molecule has 1 aromatic carbocycles. The van der Waals surface area contributed by atoms with E-state index in [-0.39, 0.29) is 29.4 Å². The van der Waals surface area contributed by atoms with Crippen molar-refractivity contribution in [3.63, 3.8) is 0 Å². The van der Waals surface area contributed by atoms with Crippen molar-refractivity contribution in [1.29, 1.82) is 0 Å². The van der Waals surface area contributed by atoms with Crippen LogP contribution in [0.5, 0.6) is 0 Å². The lowest BCUT2D eigenvalue weighted by atomic mass is 9.97. The minimum absolute atomic E-state index is 0.0102. The number of likely N-dealkylation sites (tertiary alicyclic amines) is 1. The van der Waals surface area contributed by atoms with Crippen LogP contribution >= 0.6 is 0 Å². The Morgan fingerprint density at radius 1 is 1.18 bits per heavy atom. The van der Waals surface area contributed by atoms with Crippen molar-refractivity contribution in [1.82, 2.24) is 40.4 Å². The predicted molar refractivity (Wildman–Crippen MR) is 151 cm³/mol. The molecule has 40 heavy (non-hydrogen) atoms. The number of anilines is 1. The number of nitrogens with one attached hydrogen (secondary N) is 3. The summed E-state index contributed by atoms with van der Waals surface area (Å²) in [4.78, 5) is 37.2. The van der Waals surface area contributed by atoms with Gasteiger partial charge in [-0.15, -0.1) is 0 Å². The Morgan fingerprint density at radius 2 is 1.93 bits per heavy atom. The summed E-state index contributed by atoms with van der Waals surface area (Å²) in [5, 5.41) is 18.7. The molecule has 4 aromatic rings. The van der Waals surface area contributed by atoms with Gasteiger partial charge in [0.05, 0.1) is 11.4 Å². The van der Waals surface area contributed by atoms with E-state index in [4.69, 9.17) is 4.52 Å². The molecule has 4 heterocycles. The smallest absolute Gasteiger partial charge is 0.319 e. The van der Waals surface area contributed by atoms with E-state index in [9.17, 15) is 9.59 Å². The first-order valence-corrected chi connectivity index (χ1v) is 13.3. The Labute approximate surface area is 232 Å². The molecule has 0 radical (unpaired) electrons. The van der Waals surface area contributed by atoms with Crippen molar-refractivity contribution >= 4 is 28.8 Å². The molecule has 0 aliphatic carbocycles. The predicted octanol–water partition coefficient (Wildman–Crippen LogP) is 3.96. The van der Waals surface area contributed by atoms with Crippen LogP contribution in [0.1, 0.15) is 62.2 Å². The number of fused-ring (bicyclic) bond motifs is 1. The van der Waals surface area contributed by atoms with E-state index in [2.05, 4.69) is 36.0 Å². The molecule has 12 heteroatoms. The van der Waals surface area contributed by atoms with Crippen LogP contribution in [0.2, 0.25) is 0 Å². The fraction of sp³-hybridized carbons (Fsp3) is 0.429. The summed E-state index contributed by atoms with van der Waals surface area (Å²) in [5.41, 5.74) is 3.24. The van der Waals surface area contributed by atoms with Gasteiger partial charge in [-0.25, -0.2) is 9.78 Å². The van der Waals surface area contributed by atoms with Crippen LogP contribution in [0.25, 0.3) is 22.2 Å². The lowest BCUT2D eigenvalue weighted by Gasteiger charge is -2.21. The molecule has 3 N–H and O–H groups in total. The van der Waals surface area contributed by atoms with E-state index >= 15 is 0 Å². The lowest BCUT2D eigenvalue weighted by molar-refractivity contribution is 0.0926. The molecule has 0 saturated carbocycles. The summed E-state index contributed by atoms with van der Waals surface area (Å²) in [6.45, 7) is 9.06. The van der Waals surface area contributed by atoms with Gasteiger partial charge in [0.2, 0.25) is 5.89 Å². The highest BCUT2D eigenvalue weighted by atomic mass is 16.5. The number of nitrogens with zero attached hydrogens (tertiary/aromatic N) is 6. The van der Waals surface area contributed by atoms with E-state index in [1.165, 1.54) is 0 Å². The van der Waals surface area contributed by atoms with Crippen LogP contribution in [-0.4, -0.2) is 80.3 Å². The van der Waals surface area contributed by atoms with Gasteiger partial charge in [-0.1, -0.05) is 50.2 Å². The standard InChI is InChI=1S/C28H35N9O3/c1-16(30-25(38)24-32-26(40-35-24)28(2,3)4)17-7-9-18(10-8-17)20-11-13-29-22-21(20)23(34-33-22)31-19-12-14-37(15-19)27(39)36(5)6/h7-11,13,16,19H,12,14-15H2,1-6H3,(H,30,38)(H2,29,31,33,34)/t16-,19-/m1/s1. The van der Waals surface area contributed by atoms with Crippen molar-refractivity contribution in [2.45, 2.75) is 51.6 Å². The van der Waals surface area contributed by atoms with Crippen molar-refractivity contribution in [3.8, 4) is 11.1 Å². The van der Waals surface area contributed by atoms with Gasteiger partial charge in [-0.3, -0.25) is 9.89 Å². The van der Waals surface area contributed by atoms with E-state index in [0.29, 0.717) is 30.4 Å². The number of rotatable bonds is 6. The molecule has 0 spiro atoms. The highest BCUT2D eigenvalue weighted by molar-refractivity contribution is 6.00. The normalized spacial score (nSPS) is 16.2. The Bertz CT molecular complexity index is 1520. The zero-order valence-corrected chi connectivity index (χ0v) is 23.6. The molecule has 12 nitrogen and oxygen atoms in total. The summed E-state index contributed by atoms with van der Waals surface area (Å²) in [5.74, 6) is 0.753. The van der Waals surface area contributed by atoms with Gasteiger partial charge < -0.3 is 25.0 Å². The van der Waals surface area contributed by atoms with Gasteiger partial charge in [-0.2, -0.15) is 10.1 Å². The first-order chi connectivity index (χ1) is 19.0. The highest BCUT2D eigenvalue weighted by Crippen LogP contribution is 2.33. The highest BCUT2D eigenvalue weighted by Gasteiger charge is 2.28. The fourth-order valence-electron chi connectivity index (χ4n) is 4.74. The summed E-state index contributed by atoms with van der Waals surface area (Å²) >= 11 is 0. The number of hydrogen-bond acceptors (Lipinski definition) is 8. The molecule has 5 rings (SSSR count). The molecule has 1 saturated heterocycles. The molecule has 0 unspecified atom stereocenters. The van der Waals surface area contributed by atoms with Crippen molar-refractivity contribution in [2.24, 2.45) is 0 Å². The number of benzene rings is 1. The number of aromatic nitrogens is 5. The third kappa shape index (κ3) is 5.47. The number of carbonyl (C=O) groups is 2. The lowest BCUT2D eigenvalue weighted by Crippen LogP contribution is -2.38. The molecule has 1 aliphatic heterocycles. The van der Waals surface area contributed by atoms with Crippen LogP contribution in [-0.2, 0) is 5.41 Å². The number of aromatic amines is 1. The van der Waals surface area contributed by atoms with E-state index in [1.54, 1.807) is 25.2 Å². The fourth-order valence-corrected chi connectivity index (χ4v) is 4.74. The molecule has 1 fully saturated rings. The summed E-state index contributed by atoms with van der Waals surface area (Å²) in [6.07, 6.45) is 2.59. The molecule has 1 aliphatic rings. The van der Waals surface area contributed by atoms with Gasteiger partial charge in [-0.05, 0) is 36.1 Å². The second-order valence-corrected chi connectivity index (χ2v) is 11.4. The summed E-state index contributed by atoms with van der Waals surface area (Å²) < 4.78 is 5.25. The number of urea groups is 1. The Kier molecular flexibility index (Phi) is 7.17. The molecule has 2 atom stereocenters. The second kappa shape index (κ2) is 10.6. The number of pyridine rings is 1. The molecule has 0 bridgehead atoms. The third-order valence-electron chi connectivity index (χ3n) is 6.98. The second-order valence-electron chi connectivity index (χ2n) is 11.4. The van der Waals surface area contributed by atoms with Gasteiger partial charge in [0.15, 0.2) is 11.5 Å². The first-order valence-electron chi connectivity index (χ1n) is 13.3. The Hall–Kier alpha value is -4.48. The van der Waals surface area contributed by atoms with Gasteiger partial charge in [0, 0.05) is 44.8 Å². The molecule has 3 aromatic heterocycles. The van der Waals surface area contributed by atoms with Crippen molar-refractivity contribution < 1.29 is 14.1 Å². The zero-order chi connectivity index (χ0) is 28.6.